The van der Waals surface area contributed by atoms with Gasteiger partial charge in [0, 0.05) is 58.8 Å². The van der Waals surface area contributed by atoms with E-state index in [9.17, 15) is 0 Å². The molecule has 0 aliphatic rings. The van der Waals surface area contributed by atoms with Gasteiger partial charge in [0.05, 0.1) is 27.8 Å². The van der Waals surface area contributed by atoms with Crippen LogP contribution < -0.4 is 0 Å². The molecule has 0 saturated heterocycles. The fourth-order valence-electron chi connectivity index (χ4n) is 7.49. The molecule has 57 heavy (non-hydrogen) atoms. The highest BCUT2D eigenvalue weighted by Gasteiger charge is 2.21. The second kappa shape index (κ2) is 18.8. The van der Waals surface area contributed by atoms with E-state index >= 15 is 0 Å². The average molecular weight is 766 g/mol. The Morgan fingerprint density at radius 2 is 1.18 bits per heavy atom. The van der Waals surface area contributed by atoms with Crippen molar-refractivity contribution in [3.63, 3.8) is 0 Å². The number of hydrogen-bond donors (Lipinski definition) is 0. The van der Waals surface area contributed by atoms with Gasteiger partial charge in [-0.3, -0.25) is 4.99 Å². The number of rotatable bonds is 6. The van der Waals surface area contributed by atoms with E-state index in [0.29, 0.717) is 0 Å². The smallest absolute Gasteiger partial charge is 0.0662 e. The van der Waals surface area contributed by atoms with Gasteiger partial charge in [-0.05, 0) is 87.0 Å². The Labute approximate surface area is 342 Å². The van der Waals surface area contributed by atoms with Crippen LogP contribution in [0.25, 0.3) is 80.9 Å². The SMILES string of the molecule is CC.CC.CCC.C\C=C/C=C\C(C)=N\C(=C/C)c1ccc(-n2c3cc4c5ccccc5n(-c5ccccc5)c4cc3c3c4sc5ccccc5c4ccc32)cc1. The zero-order valence-electron chi connectivity index (χ0n) is 35.0. The maximum atomic E-state index is 4.92. The van der Waals surface area contributed by atoms with E-state index in [1.165, 1.54) is 75.9 Å². The number of fused-ring (bicyclic) bond motifs is 10. The van der Waals surface area contributed by atoms with Gasteiger partial charge in [-0.15, -0.1) is 11.3 Å². The van der Waals surface area contributed by atoms with Crippen LogP contribution in [-0.2, 0) is 0 Å². The lowest BCUT2D eigenvalue weighted by atomic mass is 10.1. The van der Waals surface area contributed by atoms with Crippen LogP contribution in [0.4, 0.5) is 0 Å². The summed E-state index contributed by atoms with van der Waals surface area (Å²) in [5.41, 5.74) is 10.2. The summed E-state index contributed by atoms with van der Waals surface area (Å²) in [6.07, 6.45) is 11.4. The Balaban J connectivity index is 0.000000740. The van der Waals surface area contributed by atoms with E-state index in [4.69, 9.17) is 4.99 Å². The van der Waals surface area contributed by atoms with Crippen molar-refractivity contribution in [2.45, 2.75) is 68.7 Å². The Bertz CT molecular complexity index is 2890. The zero-order valence-corrected chi connectivity index (χ0v) is 35.8. The molecule has 0 aliphatic heterocycles. The highest BCUT2D eigenvalue weighted by Crippen LogP contribution is 2.45. The van der Waals surface area contributed by atoms with Gasteiger partial charge in [-0.2, -0.15) is 0 Å². The maximum Gasteiger partial charge on any atom is 0.0662 e. The summed E-state index contributed by atoms with van der Waals surface area (Å²) in [4.78, 5) is 4.92. The molecule has 9 aromatic rings. The summed E-state index contributed by atoms with van der Waals surface area (Å²) in [5, 5.41) is 7.69. The zero-order chi connectivity index (χ0) is 40.5. The first-order valence-corrected chi connectivity index (χ1v) is 21.4. The predicted octanol–water partition coefficient (Wildman–Crippen LogP) is 16.7. The molecule has 0 amide bonds. The molecule has 0 saturated carbocycles. The minimum absolute atomic E-state index is 0.962. The molecule has 4 heteroatoms. The number of aromatic nitrogens is 2. The second-order valence-corrected chi connectivity index (χ2v) is 14.5. The third kappa shape index (κ3) is 7.75. The van der Waals surface area contributed by atoms with Crippen molar-refractivity contribution < 1.29 is 0 Å². The largest absolute Gasteiger partial charge is 0.309 e. The molecule has 9 rings (SSSR count). The van der Waals surface area contributed by atoms with Crippen molar-refractivity contribution >= 4 is 86.5 Å². The molecule has 0 radical (unpaired) electrons. The number of aliphatic imine (C=N–C) groups is 1. The van der Waals surface area contributed by atoms with Gasteiger partial charge in [-0.25, -0.2) is 0 Å². The molecule has 3 heterocycles. The Kier molecular flexibility index (Phi) is 13.4. The van der Waals surface area contributed by atoms with Crippen LogP contribution in [0.3, 0.4) is 0 Å². The summed E-state index contributed by atoms with van der Waals surface area (Å²) in [5.74, 6) is 0. The lowest BCUT2D eigenvalue weighted by Crippen LogP contribution is -1.95. The van der Waals surface area contributed by atoms with Crippen molar-refractivity contribution in [1.29, 1.82) is 0 Å². The fourth-order valence-corrected chi connectivity index (χ4v) is 8.75. The van der Waals surface area contributed by atoms with Crippen LogP contribution in [0.2, 0.25) is 0 Å². The van der Waals surface area contributed by atoms with Crippen molar-refractivity contribution in [1.82, 2.24) is 9.13 Å². The molecule has 0 fully saturated rings. The molecule has 0 bridgehead atoms. The van der Waals surface area contributed by atoms with Crippen LogP contribution in [0, 0.1) is 0 Å². The topological polar surface area (TPSA) is 22.2 Å². The Morgan fingerprint density at radius 3 is 1.88 bits per heavy atom. The molecule has 288 valence electrons. The second-order valence-electron chi connectivity index (χ2n) is 13.4. The fraction of sp³-hybridized carbons (Fsp3) is 0.189. The van der Waals surface area contributed by atoms with E-state index in [2.05, 4.69) is 163 Å². The summed E-state index contributed by atoms with van der Waals surface area (Å²) in [6.45, 7) is 18.4. The molecule has 6 aromatic carbocycles. The first-order valence-electron chi connectivity index (χ1n) is 20.5. The van der Waals surface area contributed by atoms with Crippen LogP contribution in [0.1, 0.15) is 74.3 Å². The molecule has 0 aliphatic carbocycles. The number of hydrogen-bond acceptors (Lipinski definition) is 2. The van der Waals surface area contributed by atoms with E-state index < -0.39 is 0 Å². The maximum absolute atomic E-state index is 4.92. The number of allylic oxidation sites excluding steroid dienone is 5. The lowest BCUT2D eigenvalue weighted by Gasteiger charge is -2.10. The Morgan fingerprint density at radius 1 is 0.579 bits per heavy atom. The number of thiophene rings is 1. The number of nitrogens with zero attached hydrogens (tertiary/aromatic N) is 3. The van der Waals surface area contributed by atoms with Crippen molar-refractivity contribution in [3.05, 3.63) is 163 Å². The van der Waals surface area contributed by atoms with Gasteiger partial charge in [0.25, 0.3) is 0 Å². The highest BCUT2D eigenvalue weighted by atomic mass is 32.1. The first kappa shape index (κ1) is 40.7. The molecule has 0 N–H and O–H groups in total. The van der Waals surface area contributed by atoms with Gasteiger partial charge < -0.3 is 9.13 Å². The van der Waals surface area contributed by atoms with Gasteiger partial charge in [0.1, 0.15) is 0 Å². The van der Waals surface area contributed by atoms with Gasteiger partial charge >= 0.3 is 0 Å². The van der Waals surface area contributed by atoms with Crippen LogP contribution >= 0.6 is 11.3 Å². The minimum atomic E-state index is 0.962. The predicted molar refractivity (Wildman–Crippen MR) is 257 cm³/mol. The molecule has 3 aromatic heterocycles. The summed E-state index contributed by atoms with van der Waals surface area (Å²) in [6, 6.07) is 46.7. The molecule has 0 unspecified atom stereocenters. The Hall–Kier alpha value is -5.97. The van der Waals surface area contributed by atoms with Crippen molar-refractivity contribution in [3.8, 4) is 11.4 Å². The third-order valence-corrected chi connectivity index (χ3v) is 10.9. The molecule has 0 atom stereocenters. The first-order chi connectivity index (χ1) is 28.1. The van der Waals surface area contributed by atoms with E-state index in [1.807, 2.05) is 77.2 Å². The van der Waals surface area contributed by atoms with E-state index in [1.54, 1.807) is 0 Å². The quantitative estimate of drug-likeness (QED) is 0.119. The average Bonchev–Trinajstić information content (AvgIpc) is 3.91. The number of para-hydroxylation sites is 2. The molecular weight excluding hydrogens is 711 g/mol. The summed E-state index contributed by atoms with van der Waals surface area (Å²) < 4.78 is 7.52. The minimum Gasteiger partial charge on any atom is -0.309 e. The van der Waals surface area contributed by atoms with Gasteiger partial charge in [0.15, 0.2) is 0 Å². The van der Waals surface area contributed by atoms with Crippen LogP contribution in [0.15, 0.2) is 163 Å². The monoisotopic (exact) mass is 765 g/mol. The van der Waals surface area contributed by atoms with Crippen molar-refractivity contribution in [2.24, 2.45) is 4.99 Å². The summed E-state index contributed by atoms with van der Waals surface area (Å²) >= 11 is 1.90. The normalized spacial score (nSPS) is 12.1. The van der Waals surface area contributed by atoms with Crippen LogP contribution in [0.5, 0.6) is 0 Å². The van der Waals surface area contributed by atoms with E-state index in [0.717, 1.165) is 22.7 Å². The molecule has 0 spiro atoms. The number of benzene rings is 6. The van der Waals surface area contributed by atoms with Crippen molar-refractivity contribution in [2.75, 3.05) is 0 Å². The highest BCUT2D eigenvalue weighted by molar-refractivity contribution is 7.26. The molecule has 3 nitrogen and oxygen atoms in total. The van der Waals surface area contributed by atoms with E-state index in [-0.39, 0.29) is 0 Å². The van der Waals surface area contributed by atoms with Gasteiger partial charge in [0.2, 0.25) is 0 Å². The molecular formula is C53H55N3S. The third-order valence-electron chi connectivity index (χ3n) is 9.71. The standard InChI is InChI=1S/C46H35N3S.C3H8.2C2H6/c1-4-6-8-15-30(3)47-39(5-2)31-22-24-33(25-23-31)49-41-27-26-36-35-19-12-14-21-44(35)50-46(36)45(41)38-29-42-37(28-43(38)49)34-18-11-13-20-40(34)48(42)32-16-9-7-10-17-32;1-3-2;2*1-2/h4-29H,1-3H3;3H2,1-2H3;2*1-2H3/b6-4-,15-8-,39-5-,47-30+;;;. The summed E-state index contributed by atoms with van der Waals surface area (Å²) in [7, 11) is 0. The lowest BCUT2D eigenvalue weighted by molar-refractivity contribution is 1.09. The van der Waals surface area contributed by atoms with Gasteiger partial charge in [-0.1, -0.05) is 145 Å². The van der Waals surface area contributed by atoms with Crippen LogP contribution in [-0.4, -0.2) is 14.8 Å².